The molecule has 1 aliphatic rings. The minimum absolute atomic E-state index is 0.165. The fraction of sp³-hybridized carbons (Fsp3) is 0.533. The number of carboxylic acid groups (broad SMARTS) is 1. The lowest BCUT2D eigenvalue weighted by atomic mass is 9.95. The second kappa shape index (κ2) is 6.06. The SMILES string of the molecule is CCC1CCCCN1C(C(=O)O)c1ccc(O)cc1. The van der Waals surface area contributed by atoms with Crippen molar-refractivity contribution in [3.8, 4) is 5.75 Å². The molecule has 0 aromatic heterocycles. The Morgan fingerprint density at radius 2 is 2.05 bits per heavy atom. The number of phenols is 1. The topological polar surface area (TPSA) is 60.8 Å². The molecule has 2 atom stereocenters. The maximum atomic E-state index is 11.6. The summed E-state index contributed by atoms with van der Waals surface area (Å²) >= 11 is 0. The third-order valence-corrected chi connectivity index (χ3v) is 3.92. The molecule has 4 nitrogen and oxygen atoms in total. The number of aromatic hydroxyl groups is 1. The Morgan fingerprint density at radius 1 is 1.37 bits per heavy atom. The number of aliphatic carboxylic acids is 1. The van der Waals surface area contributed by atoms with Crippen LogP contribution in [0, 0.1) is 0 Å². The molecule has 2 N–H and O–H groups in total. The van der Waals surface area contributed by atoms with Crippen molar-refractivity contribution in [2.24, 2.45) is 0 Å². The molecule has 104 valence electrons. The molecule has 0 amide bonds. The summed E-state index contributed by atoms with van der Waals surface area (Å²) in [5.74, 6) is -0.649. The Kier molecular flexibility index (Phi) is 4.43. The van der Waals surface area contributed by atoms with E-state index >= 15 is 0 Å². The van der Waals surface area contributed by atoms with Gasteiger partial charge in [0.15, 0.2) is 0 Å². The van der Waals surface area contributed by atoms with Gasteiger partial charge in [0.2, 0.25) is 0 Å². The summed E-state index contributed by atoms with van der Waals surface area (Å²) in [7, 11) is 0. The number of likely N-dealkylation sites (tertiary alicyclic amines) is 1. The number of piperidine rings is 1. The van der Waals surface area contributed by atoms with E-state index in [9.17, 15) is 15.0 Å². The van der Waals surface area contributed by atoms with Crippen LogP contribution in [0.2, 0.25) is 0 Å². The van der Waals surface area contributed by atoms with Crippen LogP contribution in [0.3, 0.4) is 0 Å². The molecular formula is C15H21NO3. The van der Waals surface area contributed by atoms with Gasteiger partial charge in [0.25, 0.3) is 0 Å². The fourth-order valence-corrected chi connectivity index (χ4v) is 2.93. The van der Waals surface area contributed by atoms with E-state index in [4.69, 9.17) is 0 Å². The van der Waals surface area contributed by atoms with Crippen LogP contribution in [0.1, 0.15) is 44.2 Å². The van der Waals surface area contributed by atoms with E-state index in [1.807, 2.05) is 0 Å². The molecule has 0 radical (unpaired) electrons. The summed E-state index contributed by atoms with van der Waals surface area (Å²) in [6, 6.07) is 6.24. The summed E-state index contributed by atoms with van der Waals surface area (Å²) in [6.45, 7) is 2.94. The van der Waals surface area contributed by atoms with Gasteiger partial charge < -0.3 is 10.2 Å². The Balaban J connectivity index is 2.28. The van der Waals surface area contributed by atoms with Crippen molar-refractivity contribution < 1.29 is 15.0 Å². The van der Waals surface area contributed by atoms with Gasteiger partial charge in [-0.1, -0.05) is 25.5 Å². The van der Waals surface area contributed by atoms with Crippen LogP contribution in [0.15, 0.2) is 24.3 Å². The molecule has 2 unspecified atom stereocenters. The van der Waals surface area contributed by atoms with E-state index in [0.717, 1.165) is 31.4 Å². The van der Waals surface area contributed by atoms with E-state index in [1.54, 1.807) is 24.3 Å². The lowest BCUT2D eigenvalue weighted by Crippen LogP contribution is -2.44. The van der Waals surface area contributed by atoms with Crippen molar-refractivity contribution >= 4 is 5.97 Å². The van der Waals surface area contributed by atoms with Gasteiger partial charge in [-0.25, -0.2) is 0 Å². The number of phenolic OH excluding ortho intramolecular Hbond substituents is 1. The molecule has 1 aromatic rings. The summed E-state index contributed by atoms with van der Waals surface area (Å²) < 4.78 is 0. The molecule has 0 bridgehead atoms. The van der Waals surface area contributed by atoms with Gasteiger partial charge in [0.05, 0.1) is 0 Å². The zero-order valence-corrected chi connectivity index (χ0v) is 11.2. The predicted octanol–water partition coefficient (Wildman–Crippen LogP) is 2.78. The molecule has 0 spiro atoms. The standard InChI is InChI=1S/C15H21NO3/c1-2-12-5-3-4-10-16(12)14(15(18)19)11-6-8-13(17)9-7-11/h6-9,12,14,17H,2-5,10H2,1H3,(H,18,19). The molecule has 0 aliphatic carbocycles. The zero-order chi connectivity index (χ0) is 13.8. The third kappa shape index (κ3) is 3.07. The molecular weight excluding hydrogens is 242 g/mol. The van der Waals surface area contributed by atoms with Crippen molar-refractivity contribution in [3.05, 3.63) is 29.8 Å². The number of carbonyl (C=O) groups is 1. The Hall–Kier alpha value is -1.55. The highest BCUT2D eigenvalue weighted by atomic mass is 16.4. The van der Waals surface area contributed by atoms with Gasteiger partial charge in [-0.2, -0.15) is 0 Å². The number of benzene rings is 1. The molecule has 0 saturated carbocycles. The quantitative estimate of drug-likeness (QED) is 0.877. The summed E-state index contributed by atoms with van der Waals surface area (Å²) in [5, 5.41) is 18.9. The maximum Gasteiger partial charge on any atom is 0.325 e. The minimum atomic E-state index is -0.814. The molecule has 1 fully saturated rings. The van der Waals surface area contributed by atoms with Gasteiger partial charge in [-0.15, -0.1) is 0 Å². The van der Waals surface area contributed by atoms with Crippen molar-refractivity contribution in [2.75, 3.05) is 6.54 Å². The van der Waals surface area contributed by atoms with Crippen LogP contribution in [0.25, 0.3) is 0 Å². The number of hydrogen-bond donors (Lipinski definition) is 2. The van der Waals surface area contributed by atoms with Gasteiger partial charge >= 0.3 is 5.97 Å². The molecule has 4 heteroatoms. The highest BCUT2D eigenvalue weighted by Gasteiger charge is 2.33. The summed E-state index contributed by atoms with van der Waals surface area (Å²) in [6.07, 6.45) is 4.27. The van der Waals surface area contributed by atoms with E-state index in [1.165, 1.54) is 6.42 Å². The number of carboxylic acids is 1. The predicted molar refractivity (Wildman–Crippen MR) is 73.1 cm³/mol. The first-order valence-electron chi connectivity index (χ1n) is 6.91. The normalized spacial score (nSPS) is 22.1. The van der Waals surface area contributed by atoms with Crippen LogP contribution in [-0.2, 0) is 4.79 Å². The van der Waals surface area contributed by atoms with Gasteiger partial charge in [-0.3, -0.25) is 9.69 Å². The first-order chi connectivity index (χ1) is 9.13. The lowest BCUT2D eigenvalue weighted by molar-refractivity contribution is -0.145. The van der Waals surface area contributed by atoms with Crippen molar-refractivity contribution in [3.63, 3.8) is 0 Å². The first kappa shape index (κ1) is 13.9. The summed E-state index contributed by atoms with van der Waals surface area (Å²) in [5.41, 5.74) is 0.741. The highest BCUT2D eigenvalue weighted by Crippen LogP contribution is 2.31. The fourth-order valence-electron chi connectivity index (χ4n) is 2.93. The van der Waals surface area contributed by atoms with E-state index in [2.05, 4.69) is 11.8 Å². The molecule has 1 aromatic carbocycles. The minimum Gasteiger partial charge on any atom is -0.508 e. The average Bonchev–Trinajstić information content (AvgIpc) is 2.41. The van der Waals surface area contributed by atoms with Gasteiger partial charge in [-0.05, 0) is 43.5 Å². The Morgan fingerprint density at radius 3 is 2.63 bits per heavy atom. The Labute approximate surface area is 113 Å². The molecule has 1 aliphatic heterocycles. The van der Waals surface area contributed by atoms with Gasteiger partial charge in [0, 0.05) is 6.04 Å². The highest BCUT2D eigenvalue weighted by molar-refractivity contribution is 5.75. The van der Waals surface area contributed by atoms with Crippen molar-refractivity contribution in [1.29, 1.82) is 0 Å². The van der Waals surface area contributed by atoms with Crippen LogP contribution in [-0.4, -0.2) is 33.7 Å². The maximum absolute atomic E-state index is 11.6. The van der Waals surface area contributed by atoms with E-state index < -0.39 is 12.0 Å². The average molecular weight is 263 g/mol. The first-order valence-corrected chi connectivity index (χ1v) is 6.91. The summed E-state index contributed by atoms with van der Waals surface area (Å²) in [4.78, 5) is 13.7. The molecule has 1 heterocycles. The number of hydrogen-bond acceptors (Lipinski definition) is 3. The largest absolute Gasteiger partial charge is 0.508 e. The number of rotatable bonds is 4. The van der Waals surface area contributed by atoms with Crippen molar-refractivity contribution in [1.82, 2.24) is 4.90 Å². The van der Waals surface area contributed by atoms with E-state index in [0.29, 0.717) is 6.04 Å². The Bertz CT molecular complexity index is 430. The van der Waals surface area contributed by atoms with Crippen LogP contribution >= 0.6 is 0 Å². The van der Waals surface area contributed by atoms with Gasteiger partial charge in [0.1, 0.15) is 11.8 Å². The van der Waals surface area contributed by atoms with E-state index in [-0.39, 0.29) is 5.75 Å². The smallest absolute Gasteiger partial charge is 0.325 e. The zero-order valence-electron chi connectivity index (χ0n) is 11.2. The second-order valence-corrected chi connectivity index (χ2v) is 5.13. The third-order valence-electron chi connectivity index (χ3n) is 3.92. The van der Waals surface area contributed by atoms with Crippen LogP contribution in [0.5, 0.6) is 5.75 Å². The van der Waals surface area contributed by atoms with Crippen LogP contribution in [0.4, 0.5) is 0 Å². The monoisotopic (exact) mass is 263 g/mol. The molecule has 1 saturated heterocycles. The molecule has 19 heavy (non-hydrogen) atoms. The second-order valence-electron chi connectivity index (χ2n) is 5.13. The number of nitrogens with zero attached hydrogens (tertiary/aromatic N) is 1. The van der Waals surface area contributed by atoms with Crippen molar-refractivity contribution in [2.45, 2.75) is 44.7 Å². The lowest BCUT2D eigenvalue weighted by Gasteiger charge is -2.39. The van der Waals surface area contributed by atoms with Crippen LogP contribution < -0.4 is 0 Å². The molecule has 2 rings (SSSR count).